The fraction of sp³-hybridized carbons (Fsp3) is 0.250. The van der Waals surface area contributed by atoms with E-state index in [1.807, 2.05) is 30.3 Å². The molecule has 0 amide bonds. The minimum atomic E-state index is 0.758. The summed E-state index contributed by atoms with van der Waals surface area (Å²) in [6.45, 7) is 2.87. The van der Waals surface area contributed by atoms with E-state index >= 15 is 0 Å². The first-order valence-corrected chi connectivity index (χ1v) is 6.31. The SMILES string of the molecule is COc1ccc(N)c(CN(C)c2ccccc2C)c1. The fourth-order valence-electron chi connectivity index (χ4n) is 2.18. The third-order valence-electron chi connectivity index (χ3n) is 3.28. The van der Waals surface area contributed by atoms with Crippen molar-refractivity contribution in [2.24, 2.45) is 0 Å². The topological polar surface area (TPSA) is 38.5 Å². The molecule has 0 fully saturated rings. The van der Waals surface area contributed by atoms with Gasteiger partial charge in [0.15, 0.2) is 0 Å². The van der Waals surface area contributed by atoms with E-state index in [1.165, 1.54) is 11.3 Å². The van der Waals surface area contributed by atoms with Crippen LogP contribution in [0.4, 0.5) is 11.4 Å². The molecule has 0 heterocycles. The van der Waals surface area contributed by atoms with Crippen LogP contribution >= 0.6 is 0 Å². The summed E-state index contributed by atoms with van der Waals surface area (Å²) in [6.07, 6.45) is 0. The molecule has 2 aromatic carbocycles. The molecule has 0 bridgehead atoms. The van der Waals surface area contributed by atoms with Gasteiger partial charge in [-0.2, -0.15) is 0 Å². The van der Waals surface area contributed by atoms with Gasteiger partial charge in [0, 0.05) is 25.0 Å². The summed E-state index contributed by atoms with van der Waals surface area (Å²) in [5.74, 6) is 0.836. The summed E-state index contributed by atoms with van der Waals surface area (Å²) in [4.78, 5) is 2.19. The Balaban J connectivity index is 2.24. The van der Waals surface area contributed by atoms with Crippen molar-refractivity contribution in [1.29, 1.82) is 0 Å². The van der Waals surface area contributed by atoms with Crippen molar-refractivity contribution in [1.82, 2.24) is 0 Å². The zero-order valence-corrected chi connectivity index (χ0v) is 11.7. The van der Waals surface area contributed by atoms with Gasteiger partial charge in [-0.25, -0.2) is 0 Å². The molecule has 2 N–H and O–H groups in total. The highest BCUT2D eigenvalue weighted by molar-refractivity contribution is 5.56. The number of hydrogen-bond donors (Lipinski definition) is 1. The summed E-state index contributed by atoms with van der Waals surface area (Å²) in [5, 5.41) is 0. The Morgan fingerprint density at radius 2 is 1.89 bits per heavy atom. The highest BCUT2D eigenvalue weighted by atomic mass is 16.5. The smallest absolute Gasteiger partial charge is 0.119 e. The van der Waals surface area contributed by atoms with Crippen molar-refractivity contribution >= 4 is 11.4 Å². The van der Waals surface area contributed by atoms with Gasteiger partial charge < -0.3 is 15.4 Å². The second-order valence-corrected chi connectivity index (χ2v) is 4.71. The molecule has 2 aromatic rings. The minimum Gasteiger partial charge on any atom is -0.497 e. The van der Waals surface area contributed by atoms with Gasteiger partial charge in [-0.05, 0) is 42.3 Å². The first-order chi connectivity index (χ1) is 9.11. The lowest BCUT2D eigenvalue weighted by molar-refractivity contribution is 0.414. The number of nitrogens with zero attached hydrogens (tertiary/aromatic N) is 1. The summed E-state index contributed by atoms with van der Waals surface area (Å²) in [6, 6.07) is 14.1. The lowest BCUT2D eigenvalue weighted by Crippen LogP contribution is -2.18. The van der Waals surface area contributed by atoms with Gasteiger partial charge >= 0.3 is 0 Å². The molecule has 0 aliphatic carbocycles. The quantitative estimate of drug-likeness (QED) is 0.854. The molecule has 3 nitrogen and oxygen atoms in total. The van der Waals surface area contributed by atoms with Crippen LogP contribution in [0.2, 0.25) is 0 Å². The van der Waals surface area contributed by atoms with Crippen LogP contribution in [0.5, 0.6) is 5.75 Å². The first-order valence-electron chi connectivity index (χ1n) is 6.31. The van der Waals surface area contributed by atoms with Gasteiger partial charge in [0.05, 0.1) is 7.11 Å². The second kappa shape index (κ2) is 5.65. The molecule has 0 atom stereocenters. The van der Waals surface area contributed by atoms with Crippen molar-refractivity contribution in [3.8, 4) is 5.75 Å². The molecule has 19 heavy (non-hydrogen) atoms. The average molecular weight is 256 g/mol. The molecule has 3 heteroatoms. The Kier molecular flexibility index (Phi) is 3.95. The van der Waals surface area contributed by atoms with E-state index in [9.17, 15) is 0 Å². The molecule has 0 unspecified atom stereocenters. The van der Waals surface area contributed by atoms with E-state index in [4.69, 9.17) is 10.5 Å². The Labute approximate surface area is 114 Å². The highest BCUT2D eigenvalue weighted by Gasteiger charge is 2.08. The zero-order valence-electron chi connectivity index (χ0n) is 11.7. The highest BCUT2D eigenvalue weighted by Crippen LogP contribution is 2.24. The van der Waals surface area contributed by atoms with Crippen molar-refractivity contribution in [2.75, 3.05) is 24.8 Å². The molecule has 0 spiro atoms. The standard InChI is InChI=1S/C16H20N2O/c1-12-6-4-5-7-16(12)18(2)11-13-10-14(19-3)8-9-15(13)17/h4-10H,11,17H2,1-3H3. The summed E-state index contributed by atoms with van der Waals surface area (Å²) >= 11 is 0. The molecule has 2 rings (SSSR count). The molecule has 0 aliphatic rings. The Morgan fingerprint density at radius 3 is 2.58 bits per heavy atom. The Bertz CT molecular complexity index is 566. The third kappa shape index (κ3) is 2.99. The van der Waals surface area contributed by atoms with Crippen LogP contribution in [-0.4, -0.2) is 14.2 Å². The van der Waals surface area contributed by atoms with Crippen LogP contribution in [0.15, 0.2) is 42.5 Å². The number of rotatable bonds is 4. The van der Waals surface area contributed by atoms with E-state index < -0.39 is 0 Å². The predicted octanol–water partition coefficient (Wildman–Crippen LogP) is 3.22. The van der Waals surface area contributed by atoms with Gasteiger partial charge in [-0.3, -0.25) is 0 Å². The Hall–Kier alpha value is -2.16. The summed E-state index contributed by atoms with van der Waals surface area (Å²) in [5.41, 5.74) is 10.4. The molecule has 0 saturated carbocycles. The van der Waals surface area contributed by atoms with Crippen LogP contribution in [-0.2, 0) is 6.54 Å². The normalized spacial score (nSPS) is 10.3. The van der Waals surface area contributed by atoms with E-state index in [2.05, 4.69) is 31.0 Å². The summed E-state index contributed by atoms with van der Waals surface area (Å²) < 4.78 is 5.25. The molecule has 0 aliphatic heterocycles. The zero-order chi connectivity index (χ0) is 13.8. The van der Waals surface area contributed by atoms with Crippen molar-refractivity contribution in [3.63, 3.8) is 0 Å². The van der Waals surface area contributed by atoms with Crippen LogP contribution < -0.4 is 15.4 Å². The number of nitrogens with two attached hydrogens (primary N) is 1. The number of anilines is 2. The lowest BCUT2D eigenvalue weighted by Gasteiger charge is -2.22. The van der Waals surface area contributed by atoms with Gasteiger partial charge in [-0.1, -0.05) is 18.2 Å². The molecular formula is C16H20N2O. The first kappa shape index (κ1) is 13.3. The number of benzene rings is 2. The van der Waals surface area contributed by atoms with Crippen LogP contribution in [0, 0.1) is 6.92 Å². The van der Waals surface area contributed by atoms with E-state index in [-0.39, 0.29) is 0 Å². The van der Waals surface area contributed by atoms with Crippen LogP contribution in [0.25, 0.3) is 0 Å². The van der Waals surface area contributed by atoms with E-state index in [0.29, 0.717) is 0 Å². The van der Waals surface area contributed by atoms with Crippen LogP contribution in [0.3, 0.4) is 0 Å². The Morgan fingerprint density at radius 1 is 1.16 bits per heavy atom. The number of aryl methyl sites for hydroxylation is 1. The molecular weight excluding hydrogens is 236 g/mol. The molecule has 0 radical (unpaired) electrons. The van der Waals surface area contributed by atoms with Gasteiger partial charge in [0.1, 0.15) is 5.75 Å². The van der Waals surface area contributed by atoms with E-state index in [0.717, 1.165) is 23.5 Å². The monoisotopic (exact) mass is 256 g/mol. The number of nitrogen functional groups attached to an aromatic ring is 1. The number of methoxy groups -OCH3 is 1. The maximum atomic E-state index is 6.03. The summed E-state index contributed by atoms with van der Waals surface area (Å²) in [7, 11) is 3.74. The number of para-hydroxylation sites is 1. The molecule has 0 saturated heterocycles. The van der Waals surface area contributed by atoms with Crippen LogP contribution in [0.1, 0.15) is 11.1 Å². The lowest BCUT2D eigenvalue weighted by atomic mass is 10.1. The molecule has 0 aromatic heterocycles. The maximum absolute atomic E-state index is 6.03. The average Bonchev–Trinajstić information content (AvgIpc) is 2.41. The number of ether oxygens (including phenoxy) is 1. The fourth-order valence-corrected chi connectivity index (χ4v) is 2.18. The second-order valence-electron chi connectivity index (χ2n) is 4.71. The maximum Gasteiger partial charge on any atom is 0.119 e. The third-order valence-corrected chi connectivity index (χ3v) is 3.28. The van der Waals surface area contributed by atoms with Crippen molar-refractivity contribution in [3.05, 3.63) is 53.6 Å². The van der Waals surface area contributed by atoms with Crippen molar-refractivity contribution in [2.45, 2.75) is 13.5 Å². The minimum absolute atomic E-state index is 0.758. The molecule has 100 valence electrons. The van der Waals surface area contributed by atoms with Gasteiger partial charge in [0.25, 0.3) is 0 Å². The predicted molar refractivity (Wildman–Crippen MR) is 80.7 cm³/mol. The van der Waals surface area contributed by atoms with Gasteiger partial charge in [-0.15, -0.1) is 0 Å². The van der Waals surface area contributed by atoms with E-state index in [1.54, 1.807) is 7.11 Å². The largest absolute Gasteiger partial charge is 0.497 e. The number of hydrogen-bond acceptors (Lipinski definition) is 3. The van der Waals surface area contributed by atoms with Crippen molar-refractivity contribution < 1.29 is 4.74 Å². The van der Waals surface area contributed by atoms with Gasteiger partial charge in [0.2, 0.25) is 0 Å².